The van der Waals surface area contributed by atoms with Crippen molar-refractivity contribution >= 4 is 33.3 Å². The molecule has 0 bridgehead atoms. The van der Waals surface area contributed by atoms with Crippen LogP contribution in [0.4, 0.5) is 5.82 Å². The first kappa shape index (κ1) is 12.1. The standard InChI is InChI=1S/C10H13BrClN3O/c1-10(3-2-4-16-10)6-14-8-7(11)5-13-9(12)15-8/h5H,2-4,6H2,1H3,(H,13,14,15). The summed E-state index contributed by atoms with van der Waals surface area (Å²) < 4.78 is 6.48. The molecule has 0 aliphatic carbocycles. The highest BCUT2D eigenvalue weighted by Gasteiger charge is 2.29. The minimum absolute atomic E-state index is 0.100. The molecule has 1 N–H and O–H groups in total. The van der Waals surface area contributed by atoms with Crippen molar-refractivity contribution in [3.63, 3.8) is 0 Å². The lowest BCUT2D eigenvalue weighted by molar-refractivity contribution is 0.0314. The molecule has 0 aromatic carbocycles. The molecular weight excluding hydrogens is 293 g/mol. The van der Waals surface area contributed by atoms with Crippen LogP contribution in [0.1, 0.15) is 19.8 Å². The van der Waals surface area contributed by atoms with Crippen molar-refractivity contribution in [3.05, 3.63) is 16.0 Å². The largest absolute Gasteiger partial charge is 0.373 e. The Kier molecular flexibility index (Phi) is 3.66. The molecule has 2 rings (SSSR count). The van der Waals surface area contributed by atoms with Crippen LogP contribution in [0.15, 0.2) is 10.7 Å². The lowest BCUT2D eigenvalue weighted by Crippen LogP contribution is -2.32. The van der Waals surface area contributed by atoms with E-state index in [0.717, 1.165) is 30.5 Å². The van der Waals surface area contributed by atoms with Crippen molar-refractivity contribution in [3.8, 4) is 0 Å². The molecule has 6 heteroatoms. The summed E-state index contributed by atoms with van der Waals surface area (Å²) in [4.78, 5) is 7.98. The van der Waals surface area contributed by atoms with Gasteiger partial charge in [0.1, 0.15) is 5.82 Å². The zero-order valence-electron chi connectivity index (χ0n) is 8.96. The molecule has 0 radical (unpaired) electrons. The molecule has 1 atom stereocenters. The Labute approximate surface area is 108 Å². The molecule has 1 aliphatic rings. The lowest BCUT2D eigenvalue weighted by Gasteiger charge is -2.23. The molecular formula is C10H13BrClN3O. The van der Waals surface area contributed by atoms with Crippen LogP contribution >= 0.6 is 27.5 Å². The summed E-state index contributed by atoms with van der Waals surface area (Å²) in [5, 5.41) is 3.47. The highest BCUT2D eigenvalue weighted by Crippen LogP contribution is 2.27. The molecule has 1 aliphatic heterocycles. The van der Waals surface area contributed by atoms with Crippen LogP contribution in [0.3, 0.4) is 0 Å². The van der Waals surface area contributed by atoms with Gasteiger partial charge in [0, 0.05) is 19.3 Å². The van der Waals surface area contributed by atoms with Crippen molar-refractivity contribution in [1.29, 1.82) is 0 Å². The van der Waals surface area contributed by atoms with Gasteiger partial charge in [-0.05, 0) is 47.3 Å². The predicted molar refractivity (Wildman–Crippen MR) is 66.8 cm³/mol. The number of halogens is 2. The zero-order chi connectivity index (χ0) is 11.6. The van der Waals surface area contributed by atoms with Gasteiger partial charge in [-0.25, -0.2) is 4.98 Å². The molecule has 88 valence electrons. The average molecular weight is 307 g/mol. The third kappa shape index (κ3) is 2.84. The van der Waals surface area contributed by atoms with Crippen LogP contribution in [-0.4, -0.2) is 28.7 Å². The van der Waals surface area contributed by atoms with Crippen molar-refractivity contribution in [2.75, 3.05) is 18.5 Å². The minimum Gasteiger partial charge on any atom is -0.373 e. The Bertz CT molecular complexity index is 382. The number of nitrogens with one attached hydrogen (secondary N) is 1. The number of hydrogen-bond acceptors (Lipinski definition) is 4. The van der Waals surface area contributed by atoms with Gasteiger partial charge in [0.25, 0.3) is 0 Å². The van der Waals surface area contributed by atoms with Gasteiger partial charge in [-0.15, -0.1) is 0 Å². The Morgan fingerprint density at radius 1 is 1.69 bits per heavy atom. The summed E-state index contributed by atoms with van der Waals surface area (Å²) in [6.45, 7) is 3.66. The number of rotatable bonds is 3. The Balaban J connectivity index is 2.01. The second kappa shape index (κ2) is 4.85. The molecule has 0 saturated carbocycles. The van der Waals surface area contributed by atoms with Crippen LogP contribution < -0.4 is 5.32 Å². The van der Waals surface area contributed by atoms with Gasteiger partial charge in [-0.3, -0.25) is 0 Å². The van der Waals surface area contributed by atoms with E-state index in [1.807, 2.05) is 0 Å². The predicted octanol–water partition coefficient (Wildman–Crippen LogP) is 2.87. The Hall–Kier alpha value is -0.390. The third-order valence-corrected chi connectivity index (χ3v) is 3.41. The van der Waals surface area contributed by atoms with E-state index < -0.39 is 0 Å². The van der Waals surface area contributed by atoms with Crippen molar-refractivity contribution in [2.45, 2.75) is 25.4 Å². The van der Waals surface area contributed by atoms with Crippen LogP contribution in [0, 0.1) is 0 Å². The van der Waals surface area contributed by atoms with Gasteiger partial charge in [0.15, 0.2) is 0 Å². The van der Waals surface area contributed by atoms with E-state index in [1.54, 1.807) is 6.20 Å². The maximum atomic E-state index is 5.73. The molecule has 4 nitrogen and oxygen atoms in total. The number of anilines is 1. The fourth-order valence-electron chi connectivity index (χ4n) is 1.72. The maximum absolute atomic E-state index is 5.73. The molecule has 2 heterocycles. The molecule has 0 spiro atoms. The van der Waals surface area contributed by atoms with E-state index in [-0.39, 0.29) is 10.9 Å². The van der Waals surface area contributed by atoms with E-state index in [0.29, 0.717) is 5.82 Å². The maximum Gasteiger partial charge on any atom is 0.224 e. The van der Waals surface area contributed by atoms with E-state index in [4.69, 9.17) is 16.3 Å². The van der Waals surface area contributed by atoms with Gasteiger partial charge in [-0.1, -0.05) is 0 Å². The smallest absolute Gasteiger partial charge is 0.224 e. The van der Waals surface area contributed by atoms with Crippen LogP contribution in [-0.2, 0) is 4.74 Å². The average Bonchev–Trinajstić information content (AvgIpc) is 2.67. The molecule has 1 aromatic rings. The van der Waals surface area contributed by atoms with Gasteiger partial charge >= 0.3 is 0 Å². The molecule has 0 amide bonds. The highest BCUT2D eigenvalue weighted by atomic mass is 79.9. The molecule has 16 heavy (non-hydrogen) atoms. The quantitative estimate of drug-likeness (QED) is 0.872. The summed E-state index contributed by atoms with van der Waals surface area (Å²) in [6, 6.07) is 0. The zero-order valence-corrected chi connectivity index (χ0v) is 11.3. The number of ether oxygens (including phenoxy) is 1. The summed E-state index contributed by atoms with van der Waals surface area (Å²) >= 11 is 9.10. The first-order valence-electron chi connectivity index (χ1n) is 5.15. The summed E-state index contributed by atoms with van der Waals surface area (Å²) in [5.41, 5.74) is -0.100. The SMILES string of the molecule is CC1(CNc2nc(Cl)ncc2Br)CCCO1. The normalized spacial score (nSPS) is 24.7. The third-order valence-electron chi connectivity index (χ3n) is 2.64. The van der Waals surface area contributed by atoms with E-state index in [2.05, 4.69) is 38.1 Å². The van der Waals surface area contributed by atoms with E-state index in [9.17, 15) is 0 Å². The fourth-order valence-corrected chi connectivity index (χ4v) is 2.18. The molecule has 1 unspecified atom stereocenters. The van der Waals surface area contributed by atoms with Gasteiger partial charge < -0.3 is 10.1 Å². The fraction of sp³-hybridized carbons (Fsp3) is 0.600. The van der Waals surface area contributed by atoms with Crippen molar-refractivity contribution in [1.82, 2.24) is 9.97 Å². The van der Waals surface area contributed by atoms with Gasteiger partial charge in [-0.2, -0.15) is 4.98 Å². The highest BCUT2D eigenvalue weighted by molar-refractivity contribution is 9.10. The van der Waals surface area contributed by atoms with E-state index >= 15 is 0 Å². The molecule has 1 aromatic heterocycles. The molecule has 1 saturated heterocycles. The summed E-state index contributed by atoms with van der Waals surface area (Å²) in [7, 11) is 0. The van der Waals surface area contributed by atoms with Crippen LogP contribution in [0.2, 0.25) is 5.28 Å². The number of nitrogens with zero attached hydrogens (tertiary/aromatic N) is 2. The number of aromatic nitrogens is 2. The topological polar surface area (TPSA) is 47.0 Å². The second-order valence-electron chi connectivity index (χ2n) is 4.09. The van der Waals surface area contributed by atoms with Crippen LogP contribution in [0.25, 0.3) is 0 Å². The van der Waals surface area contributed by atoms with Gasteiger partial charge in [0.05, 0.1) is 10.1 Å². The lowest BCUT2D eigenvalue weighted by atomic mass is 10.0. The Morgan fingerprint density at radius 3 is 3.19 bits per heavy atom. The first-order chi connectivity index (χ1) is 7.59. The summed E-state index contributed by atoms with van der Waals surface area (Å²) in [5.74, 6) is 0.705. The minimum atomic E-state index is -0.100. The monoisotopic (exact) mass is 305 g/mol. The molecule has 1 fully saturated rings. The first-order valence-corrected chi connectivity index (χ1v) is 6.32. The van der Waals surface area contributed by atoms with Crippen molar-refractivity contribution in [2.24, 2.45) is 0 Å². The second-order valence-corrected chi connectivity index (χ2v) is 5.28. The van der Waals surface area contributed by atoms with Gasteiger partial charge in [0.2, 0.25) is 5.28 Å². The number of hydrogen-bond donors (Lipinski definition) is 1. The Morgan fingerprint density at radius 2 is 2.50 bits per heavy atom. The van der Waals surface area contributed by atoms with E-state index in [1.165, 1.54) is 0 Å². The van der Waals surface area contributed by atoms with Crippen LogP contribution in [0.5, 0.6) is 0 Å². The van der Waals surface area contributed by atoms with Crippen molar-refractivity contribution < 1.29 is 4.74 Å². The summed E-state index contributed by atoms with van der Waals surface area (Å²) in [6.07, 6.45) is 3.82.